The highest BCUT2D eigenvalue weighted by molar-refractivity contribution is 6.18. The number of rotatable bonds is 13. The van der Waals surface area contributed by atoms with Gasteiger partial charge in [0.1, 0.15) is 18.6 Å². The molecular formula is C32H31ClN2O5. The molecule has 2 atom stereocenters. The van der Waals surface area contributed by atoms with E-state index in [-0.39, 0.29) is 36.3 Å². The lowest BCUT2D eigenvalue weighted by Crippen LogP contribution is -2.32. The van der Waals surface area contributed by atoms with Crippen LogP contribution < -0.4 is 4.74 Å². The number of hydrogen-bond donors (Lipinski definition) is 0. The molecule has 0 heterocycles. The average Bonchev–Trinajstić information content (AvgIpc) is 2.99. The molecule has 4 aromatic rings. The number of benzene rings is 4. The van der Waals surface area contributed by atoms with E-state index in [2.05, 4.69) is 0 Å². The number of likely N-dealkylation sites (N-methyl/N-ethyl adjacent to an activating group) is 1. The summed E-state index contributed by atoms with van der Waals surface area (Å²) >= 11 is 6.45. The van der Waals surface area contributed by atoms with Gasteiger partial charge in [0.05, 0.1) is 4.92 Å². The average molecular weight is 559 g/mol. The van der Waals surface area contributed by atoms with Crippen LogP contribution in [0.4, 0.5) is 5.69 Å². The second-order valence-electron chi connectivity index (χ2n) is 9.75. The first kappa shape index (κ1) is 28.8. The van der Waals surface area contributed by atoms with Crippen LogP contribution in [-0.4, -0.2) is 41.5 Å². The van der Waals surface area contributed by atoms with E-state index in [9.17, 15) is 19.7 Å². The molecule has 0 aliphatic carbocycles. The van der Waals surface area contributed by atoms with Gasteiger partial charge in [-0.1, -0.05) is 72.8 Å². The van der Waals surface area contributed by atoms with Crippen LogP contribution in [0.2, 0.25) is 0 Å². The van der Waals surface area contributed by atoms with E-state index >= 15 is 0 Å². The second-order valence-corrected chi connectivity index (χ2v) is 10.1. The molecule has 8 heteroatoms. The molecule has 40 heavy (non-hydrogen) atoms. The third-order valence-electron chi connectivity index (χ3n) is 7.08. The van der Waals surface area contributed by atoms with Crippen molar-refractivity contribution in [3.63, 3.8) is 0 Å². The number of alkyl halides is 1. The van der Waals surface area contributed by atoms with E-state index < -0.39 is 4.92 Å². The summed E-state index contributed by atoms with van der Waals surface area (Å²) in [6.45, 7) is 0.849. The summed E-state index contributed by atoms with van der Waals surface area (Å²) in [5, 5.41) is 13.0. The molecule has 4 aromatic carbocycles. The second kappa shape index (κ2) is 13.7. The van der Waals surface area contributed by atoms with Gasteiger partial charge in [0.15, 0.2) is 0 Å². The monoisotopic (exact) mass is 558 g/mol. The van der Waals surface area contributed by atoms with E-state index in [1.165, 1.54) is 12.1 Å². The predicted molar refractivity (Wildman–Crippen MR) is 157 cm³/mol. The summed E-state index contributed by atoms with van der Waals surface area (Å²) < 4.78 is 6.16. The van der Waals surface area contributed by atoms with Crippen molar-refractivity contribution >= 4 is 40.3 Å². The number of carbonyl (C=O) groups is 2. The van der Waals surface area contributed by atoms with Gasteiger partial charge in [0, 0.05) is 55.8 Å². The third kappa shape index (κ3) is 7.04. The highest BCUT2D eigenvalue weighted by Crippen LogP contribution is 2.34. The lowest BCUT2D eigenvalue weighted by Gasteiger charge is -2.26. The van der Waals surface area contributed by atoms with Crippen molar-refractivity contribution in [1.29, 1.82) is 0 Å². The lowest BCUT2D eigenvalue weighted by molar-refractivity contribution is -0.384. The van der Waals surface area contributed by atoms with Gasteiger partial charge >= 0.3 is 0 Å². The number of carbonyl (C=O) groups excluding carboxylic acids is 2. The standard InChI is InChI=1S/C32H31ClN2O5/c1-34(32(37)19-25(17-18-36)24-11-13-27(14-12-24)35(38)39)21-26(20-33)28-15-16-31(30-10-6-5-9-29(28)30)40-22-23-7-3-2-4-8-23/h2-16,18,25-26H,17,19-22H2,1H3. The first-order chi connectivity index (χ1) is 19.4. The van der Waals surface area contributed by atoms with Gasteiger partial charge in [-0.15, -0.1) is 11.6 Å². The highest BCUT2D eigenvalue weighted by atomic mass is 35.5. The van der Waals surface area contributed by atoms with Crippen molar-refractivity contribution in [3.8, 4) is 5.75 Å². The van der Waals surface area contributed by atoms with Crippen LogP contribution in [0.1, 0.15) is 41.4 Å². The number of ether oxygens (including phenoxy) is 1. The third-order valence-corrected chi connectivity index (χ3v) is 7.45. The number of aldehydes is 1. The molecule has 206 valence electrons. The fraction of sp³-hybridized carbons (Fsp3) is 0.250. The molecule has 0 fully saturated rings. The van der Waals surface area contributed by atoms with Crippen molar-refractivity contribution in [2.45, 2.75) is 31.3 Å². The Hall–Kier alpha value is -4.23. The lowest BCUT2D eigenvalue weighted by atomic mass is 9.91. The van der Waals surface area contributed by atoms with Crippen LogP contribution in [-0.2, 0) is 16.2 Å². The molecule has 2 unspecified atom stereocenters. The highest BCUT2D eigenvalue weighted by Gasteiger charge is 2.23. The van der Waals surface area contributed by atoms with E-state index in [0.717, 1.165) is 33.9 Å². The zero-order valence-electron chi connectivity index (χ0n) is 22.2. The van der Waals surface area contributed by atoms with Crippen LogP contribution in [0.5, 0.6) is 5.75 Å². The Morgan fingerprint density at radius 2 is 1.62 bits per heavy atom. The fourth-order valence-electron chi connectivity index (χ4n) is 4.86. The molecule has 0 aliphatic rings. The van der Waals surface area contributed by atoms with E-state index in [4.69, 9.17) is 16.3 Å². The van der Waals surface area contributed by atoms with Crippen molar-refractivity contribution in [3.05, 3.63) is 118 Å². The van der Waals surface area contributed by atoms with Gasteiger partial charge < -0.3 is 14.4 Å². The molecule has 7 nitrogen and oxygen atoms in total. The Labute approximate surface area is 238 Å². The number of nitro benzene ring substituents is 1. The Bertz CT molecular complexity index is 1460. The molecule has 4 rings (SSSR count). The van der Waals surface area contributed by atoms with Gasteiger partial charge in [-0.3, -0.25) is 14.9 Å². The molecule has 0 aliphatic heterocycles. The molecule has 0 N–H and O–H groups in total. The number of nitro groups is 1. The molecule has 1 amide bonds. The van der Waals surface area contributed by atoms with Crippen molar-refractivity contribution in [2.24, 2.45) is 0 Å². The van der Waals surface area contributed by atoms with Gasteiger partial charge in [-0.2, -0.15) is 0 Å². The maximum absolute atomic E-state index is 13.2. The Kier molecular flexibility index (Phi) is 9.86. The van der Waals surface area contributed by atoms with Crippen molar-refractivity contribution < 1.29 is 19.2 Å². The van der Waals surface area contributed by atoms with Crippen LogP contribution in [0.3, 0.4) is 0 Å². The maximum atomic E-state index is 13.2. The van der Waals surface area contributed by atoms with Crippen LogP contribution in [0.25, 0.3) is 10.8 Å². The van der Waals surface area contributed by atoms with Crippen LogP contribution >= 0.6 is 11.6 Å². The first-order valence-corrected chi connectivity index (χ1v) is 13.6. The van der Waals surface area contributed by atoms with Crippen LogP contribution in [0, 0.1) is 10.1 Å². The zero-order chi connectivity index (χ0) is 28.5. The zero-order valence-corrected chi connectivity index (χ0v) is 23.0. The topological polar surface area (TPSA) is 89.8 Å². The Morgan fingerprint density at radius 3 is 2.27 bits per heavy atom. The minimum Gasteiger partial charge on any atom is -0.488 e. The number of nitrogens with zero attached hydrogens (tertiary/aromatic N) is 2. The summed E-state index contributed by atoms with van der Waals surface area (Å²) in [4.78, 5) is 36.7. The first-order valence-electron chi connectivity index (χ1n) is 13.1. The summed E-state index contributed by atoms with van der Waals surface area (Å²) in [5.41, 5.74) is 2.78. The van der Waals surface area contributed by atoms with E-state index in [0.29, 0.717) is 24.6 Å². The minimum absolute atomic E-state index is 0.0364. The predicted octanol–water partition coefficient (Wildman–Crippen LogP) is 6.87. The van der Waals surface area contributed by atoms with Gasteiger partial charge in [0.2, 0.25) is 5.91 Å². The Balaban J connectivity index is 1.49. The van der Waals surface area contributed by atoms with Gasteiger partial charge in [-0.25, -0.2) is 0 Å². The fourth-order valence-corrected chi connectivity index (χ4v) is 5.13. The quantitative estimate of drug-likeness (QED) is 0.0773. The molecule has 0 saturated heterocycles. The van der Waals surface area contributed by atoms with Gasteiger partial charge in [-0.05, 0) is 34.1 Å². The van der Waals surface area contributed by atoms with E-state index in [1.807, 2.05) is 66.7 Å². The Morgan fingerprint density at radius 1 is 0.950 bits per heavy atom. The summed E-state index contributed by atoms with van der Waals surface area (Å²) in [6.07, 6.45) is 1.02. The molecule has 0 radical (unpaired) electrons. The number of amides is 1. The summed E-state index contributed by atoms with van der Waals surface area (Å²) in [7, 11) is 1.73. The molecule has 0 bridgehead atoms. The normalized spacial score (nSPS) is 12.4. The summed E-state index contributed by atoms with van der Waals surface area (Å²) in [5.74, 6) is 0.455. The molecule has 0 spiro atoms. The van der Waals surface area contributed by atoms with Crippen molar-refractivity contribution in [1.82, 2.24) is 4.90 Å². The number of halogens is 1. The SMILES string of the molecule is CN(CC(CCl)c1ccc(OCc2ccccc2)c2ccccc12)C(=O)CC(CC=O)c1ccc([N+](=O)[O-])cc1. The largest absolute Gasteiger partial charge is 0.488 e. The summed E-state index contributed by atoms with van der Waals surface area (Å²) in [6, 6.07) is 27.9. The maximum Gasteiger partial charge on any atom is 0.269 e. The van der Waals surface area contributed by atoms with Gasteiger partial charge in [0.25, 0.3) is 5.69 Å². The molecule has 0 saturated carbocycles. The molecular weight excluding hydrogens is 528 g/mol. The number of hydrogen-bond acceptors (Lipinski definition) is 5. The minimum atomic E-state index is -0.477. The molecule has 0 aromatic heterocycles. The van der Waals surface area contributed by atoms with Crippen molar-refractivity contribution in [2.75, 3.05) is 19.5 Å². The van der Waals surface area contributed by atoms with Crippen LogP contribution in [0.15, 0.2) is 91.0 Å². The number of fused-ring (bicyclic) bond motifs is 1. The smallest absolute Gasteiger partial charge is 0.269 e. The van der Waals surface area contributed by atoms with E-state index in [1.54, 1.807) is 24.1 Å². The number of non-ortho nitro benzene ring substituents is 1.